The van der Waals surface area contributed by atoms with Crippen LogP contribution in [-0.4, -0.2) is 34.5 Å². The number of anilines is 1. The van der Waals surface area contributed by atoms with Crippen molar-refractivity contribution in [3.8, 4) is 5.88 Å². The maximum absolute atomic E-state index is 12.6. The summed E-state index contributed by atoms with van der Waals surface area (Å²) in [4.78, 5) is 18.9. The van der Waals surface area contributed by atoms with Crippen LogP contribution in [0.1, 0.15) is 24.2 Å². The Morgan fingerprint density at radius 1 is 1.22 bits per heavy atom. The number of rotatable bonds is 5. The number of nitrogens with zero attached hydrogens (tertiary/aromatic N) is 2. The van der Waals surface area contributed by atoms with Crippen LogP contribution >= 0.6 is 0 Å². The van der Waals surface area contributed by atoms with Crippen LogP contribution in [0.2, 0.25) is 0 Å². The SMILES string of the molecule is COc1ncccc1N(C)C(=O)c1ccc([S@@](=O)C(C)C)cc1. The van der Waals surface area contributed by atoms with Crippen molar-refractivity contribution in [2.24, 2.45) is 0 Å². The fraction of sp³-hybridized carbons (Fsp3) is 0.294. The lowest BCUT2D eigenvalue weighted by Gasteiger charge is -2.19. The van der Waals surface area contributed by atoms with Gasteiger partial charge in [0.1, 0.15) is 5.69 Å². The van der Waals surface area contributed by atoms with Gasteiger partial charge in [0.05, 0.1) is 17.9 Å². The molecule has 1 amide bonds. The third-order valence-corrected chi connectivity index (χ3v) is 4.97. The molecule has 2 aromatic rings. The molecule has 0 unspecified atom stereocenters. The van der Waals surface area contributed by atoms with Gasteiger partial charge in [-0.15, -0.1) is 0 Å². The van der Waals surface area contributed by atoms with E-state index in [0.29, 0.717) is 17.1 Å². The van der Waals surface area contributed by atoms with E-state index in [1.165, 1.54) is 12.0 Å². The molecular weight excluding hydrogens is 312 g/mol. The zero-order valence-electron chi connectivity index (χ0n) is 13.6. The van der Waals surface area contributed by atoms with Crippen molar-refractivity contribution < 1.29 is 13.7 Å². The molecule has 23 heavy (non-hydrogen) atoms. The molecule has 5 nitrogen and oxygen atoms in total. The van der Waals surface area contributed by atoms with Crippen LogP contribution in [0.25, 0.3) is 0 Å². The van der Waals surface area contributed by atoms with E-state index in [1.807, 2.05) is 13.8 Å². The fourth-order valence-corrected chi connectivity index (χ4v) is 3.05. The molecule has 0 fully saturated rings. The summed E-state index contributed by atoms with van der Waals surface area (Å²) >= 11 is 0. The summed E-state index contributed by atoms with van der Waals surface area (Å²) in [7, 11) is 2.12. The Balaban J connectivity index is 2.25. The highest BCUT2D eigenvalue weighted by atomic mass is 32.2. The second-order valence-corrected chi connectivity index (χ2v) is 7.28. The molecule has 1 atom stereocenters. The lowest BCUT2D eigenvalue weighted by molar-refractivity contribution is 0.0992. The Morgan fingerprint density at radius 3 is 2.43 bits per heavy atom. The van der Waals surface area contributed by atoms with Crippen molar-refractivity contribution in [1.82, 2.24) is 4.98 Å². The van der Waals surface area contributed by atoms with Gasteiger partial charge in [-0.3, -0.25) is 9.00 Å². The minimum atomic E-state index is -1.06. The topological polar surface area (TPSA) is 59.5 Å². The van der Waals surface area contributed by atoms with Crippen molar-refractivity contribution in [3.63, 3.8) is 0 Å². The van der Waals surface area contributed by atoms with Gasteiger partial charge in [-0.2, -0.15) is 0 Å². The van der Waals surface area contributed by atoms with Crippen molar-refractivity contribution in [2.45, 2.75) is 24.0 Å². The molecule has 0 aliphatic rings. The van der Waals surface area contributed by atoms with Crippen molar-refractivity contribution in [3.05, 3.63) is 48.2 Å². The third kappa shape index (κ3) is 3.76. The van der Waals surface area contributed by atoms with Gasteiger partial charge in [0.2, 0.25) is 5.88 Å². The van der Waals surface area contributed by atoms with E-state index in [0.717, 1.165) is 4.90 Å². The average molecular weight is 332 g/mol. The number of ether oxygens (including phenoxy) is 1. The Bertz CT molecular complexity index is 714. The Morgan fingerprint density at radius 2 is 1.87 bits per heavy atom. The molecule has 0 saturated heterocycles. The molecule has 2 rings (SSSR count). The summed E-state index contributed by atoms with van der Waals surface area (Å²) in [6, 6.07) is 10.4. The van der Waals surface area contributed by atoms with Gasteiger partial charge in [-0.1, -0.05) is 13.8 Å². The van der Waals surface area contributed by atoms with Gasteiger partial charge < -0.3 is 9.64 Å². The molecular formula is C17H20N2O3S. The van der Waals surface area contributed by atoms with Crippen LogP contribution in [0.5, 0.6) is 5.88 Å². The molecule has 1 aromatic heterocycles. The predicted molar refractivity (Wildman–Crippen MR) is 91.5 cm³/mol. The molecule has 0 spiro atoms. The third-order valence-electron chi connectivity index (χ3n) is 3.37. The quantitative estimate of drug-likeness (QED) is 0.845. The lowest BCUT2D eigenvalue weighted by Crippen LogP contribution is -2.26. The molecule has 0 N–H and O–H groups in total. The summed E-state index contributed by atoms with van der Waals surface area (Å²) < 4.78 is 17.2. The lowest BCUT2D eigenvalue weighted by atomic mass is 10.2. The Hall–Kier alpha value is -2.21. The minimum absolute atomic E-state index is 0.0406. The molecule has 1 aromatic carbocycles. The minimum Gasteiger partial charge on any atom is -0.480 e. The molecule has 0 radical (unpaired) electrons. The summed E-state index contributed by atoms with van der Waals surface area (Å²) in [6.07, 6.45) is 1.61. The Labute approximate surface area is 138 Å². The monoisotopic (exact) mass is 332 g/mol. The van der Waals surface area contributed by atoms with Crippen LogP contribution < -0.4 is 9.64 Å². The number of carbonyl (C=O) groups is 1. The van der Waals surface area contributed by atoms with Gasteiger partial charge in [-0.25, -0.2) is 4.98 Å². The summed E-state index contributed by atoms with van der Waals surface area (Å²) in [5.41, 5.74) is 1.11. The normalized spacial score (nSPS) is 12.0. The van der Waals surface area contributed by atoms with Gasteiger partial charge >= 0.3 is 0 Å². The zero-order valence-corrected chi connectivity index (χ0v) is 14.5. The first-order valence-electron chi connectivity index (χ1n) is 7.23. The maximum Gasteiger partial charge on any atom is 0.258 e. The van der Waals surface area contributed by atoms with Crippen molar-refractivity contribution in [1.29, 1.82) is 0 Å². The standard InChI is InChI=1S/C17H20N2O3S/c1-12(2)23(21)14-9-7-13(8-10-14)17(20)19(3)15-6-5-11-18-16(15)22-4/h5-12H,1-4H3/t23-/m0/s1. The molecule has 6 heteroatoms. The number of hydrogen-bond donors (Lipinski definition) is 0. The van der Waals surface area contributed by atoms with Crippen LogP contribution in [-0.2, 0) is 10.8 Å². The number of carbonyl (C=O) groups excluding carboxylic acids is 1. The number of hydrogen-bond acceptors (Lipinski definition) is 4. The van der Waals surface area contributed by atoms with E-state index in [1.54, 1.807) is 49.6 Å². The van der Waals surface area contributed by atoms with E-state index >= 15 is 0 Å². The van der Waals surface area contributed by atoms with Gasteiger partial charge in [0, 0.05) is 29.0 Å². The predicted octanol–water partition coefficient (Wildman–Crippen LogP) is 2.88. The number of aromatic nitrogens is 1. The van der Waals surface area contributed by atoms with Crippen molar-refractivity contribution >= 4 is 22.4 Å². The molecule has 1 heterocycles. The first-order valence-corrected chi connectivity index (χ1v) is 8.44. The van der Waals surface area contributed by atoms with E-state index in [2.05, 4.69) is 4.98 Å². The highest BCUT2D eigenvalue weighted by molar-refractivity contribution is 7.85. The van der Waals surface area contributed by atoms with Crippen LogP contribution in [0.3, 0.4) is 0 Å². The number of benzene rings is 1. The van der Waals surface area contributed by atoms with Crippen LogP contribution in [0.4, 0.5) is 5.69 Å². The summed E-state index contributed by atoms with van der Waals surface area (Å²) in [6.45, 7) is 3.80. The van der Waals surface area contributed by atoms with E-state index in [4.69, 9.17) is 4.74 Å². The van der Waals surface area contributed by atoms with E-state index < -0.39 is 10.8 Å². The van der Waals surface area contributed by atoms with Crippen LogP contribution in [0, 0.1) is 0 Å². The number of amides is 1. The largest absolute Gasteiger partial charge is 0.480 e. The first-order chi connectivity index (χ1) is 11.0. The first kappa shape index (κ1) is 17.1. The van der Waals surface area contributed by atoms with E-state index in [9.17, 15) is 9.00 Å². The zero-order chi connectivity index (χ0) is 17.0. The Kier molecular flexibility index (Phi) is 5.50. The molecule has 0 bridgehead atoms. The highest BCUT2D eigenvalue weighted by Crippen LogP contribution is 2.25. The van der Waals surface area contributed by atoms with Crippen LogP contribution in [0.15, 0.2) is 47.5 Å². The smallest absolute Gasteiger partial charge is 0.258 e. The maximum atomic E-state index is 12.6. The second kappa shape index (κ2) is 7.37. The van der Waals surface area contributed by atoms with Gasteiger partial charge in [-0.05, 0) is 36.4 Å². The molecule has 0 aliphatic carbocycles. The van der Waals surface area contributed by atoms with Gasteiger partial charge in [0.25, 0.3) is 5.91 Å². The molecule has 122 valence electrons. The average Bonchev–Trinajstić information content (AvgIpc) is 2.59. The van der Waals surface area contributed by atoms with E-state index in [-0.39, 0.29) is 11.2 Å². The second-order valence-electron chi connectivity index (χ2n) is 5.27. The van der Waals surface area contributed by atoms with Gasteiger partial charge in [0.15, 0.2) is 0 Å². The molecule has 0 aliphatic heterocycles. The highest BCUT2D eigenvalue weighted by Gasteiger charge is 2.18. The summed E-state index contributed by atoms with van der Waals surface area (Å²) in [5, 5.41) is 0.0406. The number of pyridine rings is 1. The van der Waals surface area contributed by atoms with Crippen molar-refractivity contribution in [2.75, 3.05) is 19.1 Å². The fourth-order valence-electron chi connectivity index (χ4n) is 2.10. The number of methoxy groups -OCH3 is 1. The molecule has 0 saturated carbocycles. The summed E-state index contributed by atoms with van der Waals surface area (Å²) in [5.74, 6) is 0.207.